The Hall–Kier alpha value is -2.85. The third-order valence-electron chi connectivity index (χ3n) is 3.79. The maximum atomic E-state index is 14.0. The van der Waals surface area contributed by atoms with E-state index in [-0.39, 0.29) is 5.82 Å². The summed E-state index contributed by atoms with van der Waals surface area (Å²) in [7, 11) is 0. The zero-order valence-corrected chi connectivity index (χ0v) is 13.5. The van der Waals surface area contributed by atoms with Crippen LogP contribution in [0, 0.1) is 5.82 Å². The summed E-state index contributed by atoms with van der Waals surface area (Å²) in [6.45, 7) is 0. The van der Waals surface area contributed by atoms with Crippen LogP contribution in [0.4, 0.5) is 4.39 Å². The Morgan fingerprint density at radius 1 is 0.792 bits per heavy atom. The topological polar surface area (TPSA) is 25.8 Å². The standard InChI is InChI=1S/C20H13FN2S/c21-18-9-5-4-8-16(18)19-13-24-20(23-19)17-12-22-11-10-15(17)14-6-2-1-3-7-14/h1-13H. The first-order valence-electron chi connectivity index (χ1n) is 7.53. The molecule has 2 nitrogen and oxygen atoms in total. The summed E-state index contributed by atoms with van der Waals surface area (Å²) in [6.07, 6.45) is 3.59. The predicted octanol–water partition coefficient (Wildman–Crippen LogP) is 5.68. The van der Waals surface area contributed by atoms with Gasteiger partial charge in [-0.05, 0) is 29.3 Å². The van der Waals surface area contributed by atoms with Crippen molar-refractivity contribution >= 4 is 11.3 Å². The molecular weight excluding hydrogens is 319 g/mol. The Bertz CT molecular complexity index is 980. The average molecular weight is 332 g/mol. The van der Waals surface area contributed by atoms with Crippen molar-refractivity contribution in [1.82, 2.24) is 9.97 Å². The van der Waals surface area contributed by atoms with E-state index in [1.807, 2.05) is 41.9 Å². The molecule has 116 valence electrons. The van der Waals surface area contributed by atoms with Crippen molar-refractivity contribution in [2.45, 2.75) is 0 Å². The lowest BCUT2D eigenvalue weighted by Gasteiger charge is -2.06. The van der Waals surface area contributed by atoms with Crippen LogP contribution in [-0.4, -0.2) is 9.97 Å². The third kappa shape index (κ3) is 2.72. The van der Waals surface area contributed by atoms with E-state index in [1.54, 1.807) is 18.3 Å². The maximum absolute atomic E-state index is 14.0. The van der Waals surface area contributed by atoms with Gasteiger partial charge in [-0.1, -0.05) is 42.5 Å². The summed E-state index contributed by atoms with van der Waals surface area (Å²) in [6, 6.07) is 18.8. The monoisotopic (exact) mass is 332 g/mol. The fourth-order valence-corrected chi connectivity index (χ4v) is 3.47. The SMILES string of the molecule is Fc1ccccc1-c1csc(-c2cnccc2-c2ccccc2)n1. The molecule has 0 saturated carbocycles. The highest BCUT2D eigenvalue weighted by Crippen LogP contribution is 2.35. The minimum atomic E-state index is -0.260. The molecule has 24 heavy (non-hydrogen) atoms. The molecule has 0 aliphatic rings. The first-order chi connectivity index (χ1) is 11.8. The van der Waals surface area contributed by atoms with E-state index in [1.165, 1.54) is 17.4 Å². The number of aromatic nitrogens is 2. The van der Waals surface area contributed by atoms with Gasteiger partial charge in [0.15, 0.2) is 0 Å². The molecule has 0 amide bonds. The van der Waals surface area contributed by atoms with Gasteiger partial charge in [-0.2, -0.15) is 0 Å². The quantitative estimate of drug-likeness (QED) is 0.482. The first kappa shape index (κ1) is 14.7. The number of rotatable bonds is 3. The normalized spacial score (nSPS) is 10.7. The Labute approximate surface area is 143 Å². The van der Waals surface area contributed by atoms with Crippen molar-refractivity contribution in [1.29, 1.82) is 0 Å². The third-order valence-corrected chi connectivity index (χ3v) is 4.67. The Balaban J connectivity index is 1.81. The number of thiazole rings is 1. The molecule has 4 rings (SSSR count). The predicted molar refractivity (Wildman–Crippen MR) is 96.2 cm³/mol. The van der Waals surface area contributed by atoms with Gasteiger partial charge in [0, 0.05) is 28.9 Å². The second-order valence-corrected chi connectivity index (χ2v) is 6.16. The Kier molecular flexibility index (Phi) is 3.89. The van der Waals surface area contributed by atoms with Gasteiger partial charge in [-0.3, -0.25) is 4.98 Å². The lowest BCUT2D eigenvalue weighted by atomic mass is 10.0. The highest BCUT2D eigenvalue weighted by molar-refractivity contribution is 7.13. The molecule has 0 unspecified atom stereocenters. The van der Waals surface area contributed by atoms with Gasteiger partial charge in [0.05, 0.1) is 5.69 Å². The zero-order valence-electron chi connectivity index (χ0n) is 12.7. The number of halogens is 1. The Morgan fingerprint density at radius 2 is 1.58 bits per heavy atom. The molecular formula is C20H13FN2S. The molecule has 0 spiro atoms. The van der Waals surface area contributed by atoms with E-state index in [0.29, 0.717) is 11.3 Å². The lowest BCUT2D eigenvalue weighted by Crippen LogP contribution is -1.87. The highest BCUT2D eigenvalue weighted by atomic mass is 32.1. The summed E-state index contributed by atoms with van der Waals surface area (Å²) < 4.78 is 14.0. The molecule has 0 radical (unpaired) electrons. The van der Waals surface area contributed by atoms with Gasteiger partial charge in [-0.25, -0.2) is 9.37 Å². The lowest BCUT2D eigenvalue weighted by molar-refractivity contribution is 0.631. The van der Waals surface area contributed by atoms with Gasteiger partial charge in [0.25, 0.3) is 0 Å². The second-order valence-electron chi connectivity index (χ2n) is 5.31. The van der Waals surface area contributed by atoms with Crippen LogP contribution in [0.1, 0.15) is 0 Å². The van der Waals surface area contributed by atoms with Crippen molar-refractivity contribution in [3.63, 3.8) is 0 Å². The molecule has 2 heterocycles. The van der Waals surface area contributed by atoms with Crippen LogP contribution in [0.3, 0.4) is 0 Å². The smallest absolute Gasteiger partial charge is 0.132 e. The van der Waals surface area contributed by atoms with Crippen LogP contribution in [0.25, 0.3) is 33.0 Å². The Morgan fingerprint density at radius 3 is 2.42 bits per heavy atom. The fourth-order valence-electron chi connectivity index (χ4n) is 2.62. The second kappa shape index (κ2) is 6.34. The first-order valence-corrected chi connectivity index (χ1v) is 8.41. The zero-order chi connectivity index (χ0) is 16.4. The molecule has 0 fully saturated rings. The van der Waals surface area contributed by atoms with Gasteiger partial charge >= 0.3 is 0 Å². The minimum absolute atomic E-state index is 0.260. The molecule has 0 bridgehead atoms. The van der Waals surface area contributed by atoms with Crippen molar-refractivity contribution in [3.8, 4) is 33.0 Å². The number of hydrogen-bond acceptors (Lipinski definition) is 3. The summed E-state index contributed by atoms with van der Waals surface area (Å²) in [5.74, 6) is -0.260. The minimum Gasteiger partial charge on any atom is -0.264 e. The molecule has 2 aromatic carbocycles. The van der Waals surface area contributed by atoms with E-state index in [4.69, 9.17) is 0 Å². The van der Waals surface area contributed by atoms with Gasteiger partial charge in [-0.15, -0.1) is 11.3 Å². The fraction of sp³-hybridized carbons (Fsp3) is 0. The van der Waals surface area contributed by atoms with Crippen LogP contribution in [0.15, 0.2) is 78.4 Å². The van der Waals surface area contributed by atoms with E-state index >= 15 is 0 Å². The van der Waals surface area contributed by atoms with Gasteiger partial charge in [0.1, 0.15) is 10.8 Å². The van der Waals surface area contributed by atoms with Crippen molar-refractivity contribution in [2.24, 2.45) is 0 Å². The largest absolute Gasteiger partial charge is 0.264 e. The van der Waals surface area contributed by atoms with E-state index < -0.39 is 0 Å². The van der Waals surface area contributed by atoms with Gasteiger partial charge in [0.2, 0.25) is 0 Å². The molecule has 4 aromatic rings. The van der Waals surface area contributed by atoms with Crippen LogP contribution in [-0.2, 0) is 0 Å². The molecule has 0 atom stereocenters. The van der Waals surface area contributed by atoms with E-state index in [9.17, 15) is 4.39 Å². The summed E-state index contributed by atoms with van der Waals surface area (Å²) in [5.41, 5.74) is 4.30. The van der Waals surface area contributed by atoms with Gasteiger partial charge < -0.3 is 0 Å². The summed E-state index contributed by atoms with van der Waals surface area (Å²) in [5, 5.41) is 2.72. The van der Waals surface area contributed by atoms with E-state index in [0.717, 1.165) is 21.7 Å². The number of pyridine rings is 1. The van der Waals surface area contributed by atoms with Crippen LogP contribution in [0.2, 0.25) is 0 Å². The van der Waals surface area contributed by atoms with Crippen LogP contribution >= 0.6 is 11.3 Å². The molecule has 2 aromatic heterocycles. The molecule has 4 heteroatoms. The number of hydrogen-bond donors (Lipinski definition) is 0. The van der Waals surface area contributed by atoms with E-state index in [2.05, 4.69) is 22.1 Å². The number of benzene rings is 2. The van der Waals surface area contributed by atoms with Crippen LogP contribution < -0.4 is 0 Å². The molecule has 0 aliphatic carbocycles. The number of nitrogens with zero attached hydrogens (tertiary/aromatic N) is 2. The van der Waals surface area contributed by atoms with Crippen LogP contribution in [0.5, 0.6) is 0 Å². The maximum Gasteiger partial charge on any atom is 0.132 e. The highest BCUT2D eigenvalue weighted by Gasteiger charge is 2.13. The average Bonchev–Trinajstić information content (AvgIpc) is 3.12. The molecule has 0 N–H and O–H groups in total. The molecule has 0 saturated heterocycles. The van der Waals surface area contributed by atoms with Crippen molar-refractivity contribution < 1.29 is 4.39 Å². The summed E-state index contributed by atoms with van der Waals surface area (Å²) >= 11 is 1.50. The summed E-state index contributed by atoms with van der Waals surface area (Å²) in [4.78, 5) is 8.88. The van der Waals surface area contributed by atoms with Crippen molar-refractivity contribution in [2.75, 3.05) is 0 Å². The van der Waals surface area contributed by atoms with Crippen molar-refractivity contribution in [3.05, 3.63) is 84.3 Å². The molecule has 0 aliphatic heterocycles.